The lowest BCUT2D eigenvalue weighted by molar-refractivity contribution is -0.143. The third-order valence-corrected chi connectivity index (χ3v) is 4.33. The maximum absolute atomic E-state index is 12.5. The summed E-state index contributed by atoms with van der Waals surface area (Å²) in [7, 11) is 1.36. The number of aliphatic imine (C=N–C) groups is 1. The van der Waals surface area contributed by atoms with E-state index in [-0.39, 0.29) is 17.7 Å². The van der Waals surface area contributed by atoms with Gasteiger partial charge in [0.05, 0.1) is 7.11 Å². The van der Waals surface area contributed by atoms with Gasteiger partial charge in [-0.2, -0.15) is 0 Å². The number of hydrogen-bond acceptors (Lipinski definition) is 5. The van der Waals surface area contributed by atoms with Crippen molar-refractivity contribution in [1.29, 1.82) is 0 Å². The molecule has 1 aliphatic heterocycles. The zero-order valence-electron chi connectivity index (χ0n) is 12.7. The van der Waals surface area contributed by atoms with E-state index in [1.54, 1.807) is 12.4 Å². The Balaban J connectivity index is 2.17. The molecule has 2 heterocycles. The summed E-state index contributed by atoms with van der Waals surface area (Å²) < 4.78 is 4.95. The minimum absolute atomic E-state index is 0.0836. The van der Waals surface area contributed by atoms with Gasteiger partial charge in [-0.3, -0.25) is 19.6 Å². The van der Waals surface area contributed by atoms with Gasteiger partial charge in [0, 0.05) is 41.7 Å². The fourth-order valence-corrected chi connectivity index (χ4v) is 3.36. The van der Waals surface area contributed by atoms with E-state index < -0.39 is 5.92 Å². The Morgan fingerprint density at radius 2 is 2.18 bits per heavy atom. The number of aromatic nitrogens is 1. The number of carbonyl (C=O) groups excluding carboxylic acids is 2. The van der Waals surface area contributed by atoms with E-state index in [2.05, 4.69) is 9.98 Å². The van der Waals surface area contributed by atoms with Gasteiger partial charge in [-0.15, -0.1) is 0 Å². The summed E-state index contributed by atoms with van der Waals surface area (Å²) in [6, 6.07) is 3.72. The number of ketones is 1. The number of ether oxygens (including phenoxy) is 1. The predicted molar refractivity (Wildman–Crippen MR) is 81.5 cm³/mol. The average Bonchev–Trinajstić information content (AvgIpc) is 2.54. The van der Waals surface area contributed by atoms with Gasteiger partial charge >= 0.3 is 5.97 Å². The second kappa shape index (κ2) is 5.83. The van der Waals surface area contributed by atoms with Crippen LogP contribution in [0.4, 0.5) is 0 Å². The van der Waals surface area contributed by atoms with Gasteiger partial charge in [0.2, 0.25) is 0 Å². The van der Waals surface area contributed by atoms with Crippen molar-refractivity contribution in [3.63, 3.8) is 0 Å². The molecule has 0 aromatic carbocycles. The highest BCUT2D eigenvalue weighted by atomic mass is 16.5. The highest BCUT2D eigenvalue weighted by Gasteiger charge is 2.42. The number of pyridine rings is 1. The Kier molecular flexibility index (Phi) is 3.88. The molecule has 5 nitrogen and oxygen atoms in total. The van der Waals surface area contributed by atoms with Crippen molar-refractivity contribution >= 4 is 17.5 Å². The van der Waals surface area contributed by atoms with Crippen LogP contribution in [-0.2, 0) is 14.3 Å². The Labute approximate surface area is 129 Å². The summed E-state index contributed by atoms with van der Waals surface area (Å²) in [5.41, 5.74) is 3.05. The van der Waals surface area contributed by atoms with Gasteiger partial charge in [-0.05, 0) is 31.4 Å². The summed E-state index contributed by atoms with van der Waals surface area (Å²) in [5, 5.41) is 0. The third kappa shape index (κ3) is 2.36. The first-order valence-corrected chi connectivity index (χ1v) is 7.42. The highest BCUT2D eigenvalue weighted by molar-refractivity contribution is 6.08. The molecule has 1 unspecified atom stereocenters. The Morgan fingerprint density at radius 3 is 2.86 bits per heavy atom. The molecule has 0 bridgehead atoms. The number of rotatable bonds is 2. The first-order chi connectivity index (χ1) is 10.6. The molecule has 3 rings (SSSR count). The lowest BCUT2D eigenvalue weighted by Crippen LogP contribution is -2.36. The summed E-state index contributed by atoms with van der Waals surface area (Å²) in [5.74, 6) is -1.18. The topological polar surface area (TPSA) is 68.6 Å². The van der Waals surface area contributed by atoms with Gasteiger partial charge < -0.3 is 4.74 Å². The van der Waals surface area contributed by atoms with Crippen LogP contribution in [0.3, 0.4) is 0 Å². The molecule has 5 heteroatoms. The van der Waals surface area contributed by atoms with Crippen LogP contribution in [0.2, 0.25) is 0 Å². The van der Waals surface area contributed by atoms with E-state index in [1.165, 1.54) is 7.11 Å². The third-order valence-electron chi connectivity index (χ3n) is 4.33. The molecule has 1 aliphatic carbocycles. The van der Waals surface area contributed by atoms with E-state index in [9.17, 15) is 9.59 Å². The molecule has 22 heavy (non-hydrogen) atoms. The van der Waals surface area contributed by atoms with Crippen molar-refractivity contribution < 1.29 is 14.3 Å². The van der Waals surface area contributed by atoms with Crippen LogP contribution in [0.5, 0.6) is 0 Å². The summed E-state index contributed by atoms with van der Waals surface area (Å²) in [6.45, 7) is 1.83. The van der Waals surface area contributed by atoms with Crippen molar-refractivity contribution in [3.05, 3.63) is 41.4 Å². The first-order valence-electron chi connectivity index (χ1n) is 7.42. The molecule has 0 saturated carbocycles. The van der Waals surface area contributed by atoms with E-state index in [0.717, 1.165) is 24.1 Å². The quantitative estimate of drug-likeness (QED) is 0.786. The van der Waals surface area contributed by atoms with E-state index in [4.69, 9.17) is 4.74 Å². The highest BCUT2D eigenvalue weighted by Crippen LogP contribution is 2.43. The molecular formula is C17H18N2O3. The van der Waals surface area contributed by atoms with Crippen LogP contribution in [-0.4, -0.2) is 29.6 Å². The van der Waals surface area contributed by atoms with Crippen LogP contribution >= 0.6 is 0 Å². The Bertz CT molecular complexity index is 676. The van der Waals surface area contributed by atoms with Crippen molar-refractivity contribution in [2.45, 2.75) is 32.1 Å². The first kappa shape index (κ1) is 14.6. The van der Waals surface area contributed by atoms with Crippen molar-refractivity contribution in [2.75, 3.05) is 7.11 Å². The number of nitrogens with zero attached hydrogens (tertiary/aromatic N) is 2. The number of carbonyl (C=O) groups is 2. The van der Waals surface area contributed by atoms with E-state index in [0.29, 0.717) is 17.7 Å². The van der Waals surface area contributed by atoms with Crippen LogP contribution in [0.1, 0.15) is 37.7 Å². The SMILES string of the molecule is COC(=O)C1C(C)=NC2=C(C(=O)CCC2)[C@@H]1c1cccnc1. The molecule has 2 aliphatic rings. The van der Waals surface area contributed by atoms with Gasteiger partial charge in [-0.25, -0.2) is 0 Å². The average molecular weight is 298 g/mol. The second-order valence-corrected chi connectivity index (χ2v) is 5.66. The van der Waals surface area contributed by atoms with Crippen molar-refractivity contribution in [2.24, 2.45) is 10.9 Å². The van der Waals surface area contributed by atoms with Gasteiger partial charge in [-0.1, -0.05) is 6.07 Å². The van der Waals surface area contributed by atoms with Crippen LogP contribution < -0.4 is 0 Å². The number of esters is 1. The number of hydrogen-bond donors (Lipinski definition) is 0. The molecule has 0 radical (unpaired) electrons. The molecule has 0 spiro atoms. The van der Waals surface area contributed by atoms with Crippen molar-refractivity contribution in [3.8, 4) is 0 Å². The molecule has 0 fully saturated rings. The van der Waals surface area contributed by atoms with Crippen LogP contribution in [0.15, 0.2) is 40.8 Å². The zero-order chi connectivity index (χ0) is 15.7. The van der Waals surface area contributed by atoms with Crippen LogP contribution in [0.25, 0.3) is 0 Å². The maximum Gasteiger partial charge on any atom is 0.315 e. The monoisotopic (exact) mass is 298 g/mol. The molecule has 0 N–H and O–H groups in total. The summed E-state index contributed by atoms with van der Waals surface area (Å²) >= 11 is 0. The second-order valence-electron chi connectivity index (χ2n) is 5.66. The Morgan fingerprint density at radius 1 is 1.36 bits per heavy atom. The minimum Gasteiger partial charge on any atom is -0.468 e. The maximum atomic E-state index is 12.5. The van der Waals surface area contributed by atoms with Crippen LogP contribution in [0, 0.1) is 5.92 Å². The lowest BCUT2D eigenvalue weighted by atomic mass is 9.72. The van der Waals surface area contributed by atoms with Crippen molar-refractivity contribution in [1.82, 2.24) is 4.98 Å². The molecule has 1 aromatic rings. The van der Waals surface area contributed by atoms with Gasteiger partial charge in [0.1, 0.15) is 5.92 Å². The van der Waals surface area contributed by atoms with E-state index in [1.807, 2.05) is 19.1 Å². The fourth-order valence-electron chi connectivity index (χ4n) is 3.36. The molecule has 1 aromatic heterocycles. The molecular weight excluding hydrogens is 280 g/mol. The van der Waals surface area contributed by atoms with Gasteiger partial charge in [0.15, 0.2) is 5.78 Å². The number of Topliss-reactive ketones (excluding diaryl/α,β-unsaturated/α-hetero) is 1. The zero-order valence-corrected chi connectivity index (χ0v) is 12.7. The lowest BCUT2D eigenvalue weighted by Gasteiger charge is -2.34. The van der Waals surface area contributed by atoms with E-state index >= 15 is 0 Å². The standard InChI is InChI=1S/C17H18N2O3/c1-10-14(17(21)22-2)15(11-5-4-8-18-9-11)16-12(19-10)6-3-7-13(16)20/h4-5,8-9,14-15H,3,6-7H2,1-2H3/t14?,15-/m1/s1. The largest absolute Gasteiger partial charge is 0.468 e. The predicted octanol–water partition coefficient (Wildman–Crippen LogP) is 2.44. The fraction of sp³-hybridized carbons (Fsp3) is 0.412. The Hall–Kier alpha value is -2.30. The molecule has 0 amide bonds. The molecule has 114 valence electrons. The summed E-state index contributed by atoms with van der Waals surface area (Å²) in [4.78, 5) is 33.4. The smallest absolute Gasteiger partial charge is 0.315 e. The summed E-state index contributed by atoms with van der Waals surface area (Å²) in [6.07, 6.45) is 5.50. The minimum atomic E-state index is -0.560. The van der Waals surface area contributed by atoms with Gasteiger partial charge in [0.25, 0.3) is 0 Å². The molecule has 2 atom stereocenters. The molecule has 0 saturated heterocycles. The number of methoxy groups -OCH3 is 1. The number of allylic oxidation sites excluding steroid dienone is 2. The normalized spacial score (nSPS) is 24.6.